The van der Waals surface area contributed by atoms with E-state index in [1.54, 1.807) is 75.4 Å². The molecule has 0 aromatic carbocycles. The van der Waals surface area contributed by atoms with Gasteiger partial charge in [-0.25, -0.2) is 4.39 Å². The maximum Gasteiger partial charge on any atom is 0.311 e. The van der Waals surface area contributed by atoms with Crippen molar-refractivity contribution in [2.45, 2.75) is 262 Å². The number of methoxy groups -OCH3 is 1. The van der Waals surface area contributed by atoms with Gasteiger partial charge in [-0.05, 0) is 144 Å². The van der Waals surface area contributed by atoms with Crippen molar-refractivity contribution in [3.63, 3.8) is 0 Å². The Balaban J connectivity index is 1.12. The molecule has 7 aliphatic rings. The Labute approximate surface area is 509 Å². The summed E-state index contributed by atoms with van der Waals surface area (Å²) < 4.78 is 62.3. The smallest absolute Gasteiger partial charge is 0.311 e. The number of fused-ring (bicyclic) bond motifs is 5. The number of carbonyl (C=O) groups excluding carboxylic acids is 5. The molecule has 5 aliphatic carbocycles. The maximum atomic E-state index is 17.8. The standard InChI is InChI=1S/C65H105FN2O18/c1-18-49-63(13,78)55(75)40(8)68(16)32-34(2)29-61(11,77)56(38(6)52(39(7)57(76)84-49)83-43-25-35(3)54(74)62(12,30-43)80-17)86-58-53(46(67(14)15)27-37(5)82-58)85-51(73)22-21-50(72)81-33-48(71)65(79)36(4)26-45-44-20-19-41-28-42(69)23-24-59(41,9)64(44,66)47(70)31-60(45,65)10/h19,23-24,34-40,43-47,49,52-56,58,70,74-75,77-79H,18,20-22,25-33H2,1-17H3/t34-,35-,36-,37-,38+,39-,40-,43-,44+,45+,46?,47+,49-,52+,53-,54+,55-,56-,58+,59+,60+,61-,62-,63-,64+,65+/m1/s1. The molecule has 2 aliphatic heterocycles. The van der Waals surface area contributed by atoms with Crippen molar-refractivity contribution in [1.82, 2.24) is 9.80 Å². The largest absolute Gasteiger partial charge is 0.459 e. The zero-order valence-electron chi connectivity index (χ0n) is 54.2. The monoisotopic (exact) mass is 1220 g/mol. The van der Waals surface area contributed by atoms with E-state index in [-0.39, 0.29) is 62.6 Å². The summed E-state index contributed by atoms with van der Waals surface area (Å²) in [6.07, 6.45) is -5.51. The molecule has 0 spiro atoms. The van der Waals surface area contributed by atoms with Crippen LogP contribution in [0.15, 0.2) is 23.8 Å². The number of aliphatic hydroxyl groups excluding tert-OH is 3. The van der Waals surface area contributed by atoms with Crippen LogP contribution in [-0.2, 0) is 57.1 Å². The SMILES string of the molecule is CC[C@H]1OC(=O)[C@H](C)[C@@H](O[C@@H]2C[C@@H](C)[C@H](O)[C@](C)(OC)C2)[C@H](C)[C@@H](O[C@@H]2O[C@H](C)CC(N(C)C)[C@H]2OC(=O)CCC(=O)OCC(=O)[C@@]2(O)[C@H](C)C[C@H]3[C@@H]4CC=C5CC(=O)C=C[C@]5(C)[C@@]4(F)[C@@H](O)C[C@@]32C)[C@](C)(O)C[C@@H](C)CN(C)[C@H](C)[C@@H](O)[C@]1(C)O. The number of hydrogen-bond acceptors (Lipinski definition) is 20. The first kappa shape index (κ1) is 70.1. The molecule has 0 radical (unpaired) electrons. The minimum absolute atomic E-state index is 0.0489. The number of rotatable bonds is 14. The Morgan fingerprint density at radius 2 is 1.50 bits per heavy atom. The molecule has 2 saturated heterocycles. The Kier molecular flexibility index (Phi) is 21.3. The average molecular weight is 1220 g/mol. The lowest BCUT2D eigenvalue weighted by Crippen LogP contribution is -2.69. The number of allylic oxidation sites excluding steroid dienone is 4. The molecule has 86 heavy (non-hydrogen) atoms. The van der Waals surface area contributed by atoms with Gasteiger partial charge in [-0.1, -0.05) is 59.3 Å². The van der Waals surface area contributed by atoms with Crippen LogP contribution in [-0.4, -0.2) is 213 Å². The Morgan fingerprint density at radius 3 is 2.13 bits per heavy atom. The van der Waals surface area contributed by atoms with E-state index in [1.807, 2.05) is 50.7 Å². The Morgan fingerprint density at radius 1 is 0.849 bits per heavy atom. The van der Waals surface area contributed by atoms with Gasteiger partial charge in [0.2, 0.25) is 5.78 Å². The van der Waals surface area contributed by atoms with E-state index in [1.165, 1.54) is 20.1 Å². The van der Waals surface area contributed by atoms with Gasteiger partial charge in [0, 0.05) is 55.2 Å². The third-order valence-corrected chi connectivity index (χ3v) is 22.4. The zero-order valence-corrected chi connectivity index (χ0v) is 54.2. The third-order valence-electron chi connectivity index (χ3n) is 22.4. The molecule has 3 saturated carbocycles. The van der Waals surface area contributed by atoms with Crippen molar-refractivity contribution in [1.29, 1.82) is 0 Å². The number of aliphatic hydroxyl groups is 6. The summed E-state index contributed by atoms with van der Waals surface area (Å²) in [4.78, 5) is 72.8. The van der Waals surface area contributed by atoms with E-state index in [2.05, 4.69) is 0 Å². The van der Waals surface area contributed by atoms with Crippen LogP contribution in [0.3, 0.4) is 0 Å². The van der Waals surface area contributed by atoms with Crippen LogP contribution >= 0.6 is 0 Å². The van der Waals surface area contributed by atoms with Gasteiger partial charge in [0.25, 0.3) is 0 Å². The highest BCUT2D eigenvalue weighted by Gasteiger charge is 2.75. The number of nitrogens with zero attached hydrogens (tertiary/aromatic N) is 2. The zero-order chi connectivity index (χ0) is 64.4. The summed E-state index contributed by atoms with van der Waals surface area (Å²) in [5.74, 6) is -8.03. The second kappa shape index (κ2) is 26.1. The summed E-state index contributed by atoms with van der Waals surface area (Å²) in [7, 11) is 6.94. The van der Waals surface area contributed by atoms with Crippen LogP contribution in [0.4, 0.5) is 4.39 Å². The molecule has 5 fully saturated rings. The quantitative estimate of drug-likeness (QED) is 0.0726. The van der Waals surface area contributed by atoms with E-state index in [9.17, 15) is 54.6 Å². The van der Waals surface area contributed by atoms with Crippen LogP contribution in [0.25, 0.3) is 0 Å². The number of halogens is 1. The minimum Gasteiger partial charge on any atom is -0.459 e. The Bertz CT molecular complexity index is 2530. The number of esters is 3. The van der Waals surface area contributed by atoms with Crippen molar-refractivity contribution in [3.8, 4) is 0 Å². The topological polar surface area (TPSA) is 278 Å². The lowest BCUT2D eigenvalue weighted by Gasteiger charge is -2.62. The number of ether oxygens (including phenoxy) is 7. The predicted molar refractivity (Wildman–Crippen MR) is 314 cm³/mol. The van der Waals surface area contributed by atoms with E-state index in [4.69, 9.17) is 33.2 Å². The molecule has 7 rings (SSSR count). The highest BCUT2D eigenvalue weighted by molar-refractivity contribution is 5.94. The maximum absolute atomic E-state index is 17.8. The summed E-state index contributed by atoms with van der Waals surface area (Å²) >= 11 is 0. The number of likely N-dealkylation sites (N-methyl/N-ethyl adjacent to an activating group) is 2. The first-order chi connectivity index (χ1) is 39.8. The van der Waals surface area contributed by atoms with Crippen molar-refractivity contribution >= 4 is 29.5 Å². The van der Waals surface area contributed by atoms with Crippen LogP contribution in [0.1, 0.15) is 161 Å². The Hall–Kier alpha value is -3.32. The number of ketones is 2. The van der Waals surface area contributed by atoms with E-state index in [0.29, 0.717) is 25.0 Å². The number of cyclic esters (lactones) is 1. The molecule has 0 aromatic heterocycles. The molecule has 6 N–H and O–H groups in total. The van der Waals surface area contributed by atoms with Crippen molar-refractivity contribution in [2.24, 2.45) is 52.3 Å². The number of alkyl halides is 1. The van der Waals surface area contributed by atoms with E-state index < -0.39 is 185 Å². The van der Waals surface area contributed by atoms with Crippen LogP contribution < -0.4 is 0 Å². The fourth-order valence-electron chi connectivity index (χ4n) is 17.2. The summed E-state index contributed by atoms with van der Waals surface area (Å²) in [5.41, 5.74) is -10.9. The second-order valence-electron chi connectivity index (χ2n) is 28.9. The van der Waals surface area contributed by atoms with Crippen LogP contribution in [0.2, 0.25) is 0 Å². The fourth-order valence-corrected chi connectivity index (χ4v) is 17.2. The summed E-state index contributed by atoms with van der Waals surface area (Å²) in [6, 6.07) is -1.16. The number of hydrogen-bond donors (Lipinski definition) is 6. The van der Waals surface area contributed by atoms with Gasteiger partial charge in [-0.15, -0.1) is 0 Å². The molecule has 26 atom stereocenters. The van der Waals surface area contributed by atoms with Gasteiger partial charge in [0.1, 0.15) is 23.4 Å². The molecule has 490 valence electrons. The van der Waals surface area contributed by atoms with Gasteiger partial charge in [0.05, 0.1) is 72.6 Å². The molecule has 2 heterocycles. The first-order valence-corrected chi connectivity index (χ1v) is 31.6. The second-order valence-corrected chi connectivity index (χ2v) is 28.9. The van der Waals surface area contributed by atoms with Gasteiger partial charge in [-0.3, -0.25) is 24.0 Å². The van der Waals surface area contributed by atoms with Gasteiger partial charge in [-0.2, -0.15) is 0 Å². The van der Waals surface area contributed by atoms with Crippen molar-refractivity contribution < 1.29 is 92.2 Å². The third kappa shape index (κ3) is 12.8. The number of Topliss-reactive ketones (excluding diaryl/α,β-unsaturated/α-hetero) is 1. The molecule has 0 bridgehead atoms. The van der Waals surface area contributed by atoms with Gasteiger partial charge >= 0.3 is 17.9 Å². The molecule has 20 nitrogen and oxygen atoms in total. The molecule has 1 unspecified atom stereocenters. The summed E-state index contributed by atoms with van der Waals surface area (Å²) in [6.45, 7) is 22.1. The minimum atomic E-state index is -2.18. The highest BCUT2D eigenvalue weighted by Crippen LogP contribution is 2.70. The highest BCUT2D eigenvalue weighted by atomic mass is 19.1. The lowest BCUT2D eigenvalue weighted by atomic mass is 9.45. The van der Waals surface area contributed by atoms with Crippen LogP contribution in [0, 0.1) is 52.3 Å². The molecular weight excluding hydrogens is 1120 g/mol. The predicted octanol–water partition coefficient (Wildman–Crippen LogP) is 5.36. The normalized spacial score (nSPS) is 48.0. The average Bonchev–Trinajstić information content (AvgIpc) is 1.36. The molecule has 0 aromatic rings. The fraction of sp³-hybridized carbons (Fsp3) is 0.862. The van der Waals surface area contributed by atoms with E-state index >= 15 is 4.39 Å². The molecule has 0 amide bonds. The van der Waals surface area contributed by atoms with Crippen molar-refractivity contribution in [3.05, 3.63) is 23.8 Å². The summed E-state index contributed by atoms with van der Waals surface area (Å²) in [5, 5.41) is 72.5. The van der Waals surface area contributed by atoms with Gasteiger partial charge in [0.15, 0.2) is 30.5 Å². The number of carbonyl (C=O) groups is 5. The van der Waals surface area contributed by atoms with E-state index in [0.717, 1.165) is 0 Å². The van der Waals surface area contributed by atoms with Crippen LogP contribution in [0.5, 0.6) is 0 Å². The van der Waals surface area contributed by atoms with Gasteiger partial charge < -0.3 is 73.6 Å². The van der Waals surface area contributed by atoms with Crippen molar-refractivity contribution in [2.75, 3.05) is 41.4 Å². The molecule has 21 heteroatoms. The lowest BCUT2D eigenvalue weighted by molar-refractivity contribution is -0.304. The first-order valence-electron chi connectivity index (χ1n) is 31.6. The molecular formula is C65H105FN2O18.